The number of fused-ring (bicyclic) bond motifs is 9. The fraction of sp³-hybridized carbons (Fsp3) is 0.0196. The Bertz CT molecular complexity index is 3930. The Balaban J connectivity index is 1.05. The van der Waals surface area contributed by atoms with Gasteiger partial charge in [0.1, 0.15) is 0 Å². The molecule has 14 heteroatoms. The predicted octanol–water partition coefficient (Wildman–Crippen LogP) is 10.1. The van der Waals surface area contributed by atoms with E-state index in [4.69, 9.17) is 0 Å². The summed E-state index contributed by atoms with van der Waals surface area (Å²) >= 11 is 0. The summed E-state index contributed by atoms with van der Waals surface area (Å²) in [7, 11) is -12.6. The number of anilines is 7. The maximum Gasteiger partial charge on any atom is 0.266 e. The van der Waals surface area contributed by atoms with E-state index in [2.05, 4.69) is 0 Å². The van der Waals surface area contributed by atoms with Gasteiger partial charge in [-0.05, 0) is 118 Å². The van der Waals surface area contributed by atoms with Crippen molar-refractivity contribution < 1.29 is 34.8 Å². The number of nitrogens with zero attached hydrogens (tertiary/aromatic N) is 3. The first kappa shape index (κ1) is 37.9. The van der Waals surface area contributed by atoms with Crippen LogP contribution in [0, 0.1) is 0 Å². The first-order valence-corrected chi connectivity index (χ1v) is 25.0. The van der Waals surface area contributed by atoms with Gasteiger partial charge in [0, 0.05) is 12.1 Å². The summed E-state index contributed by atoms with van der Waals surface area (Å²) in [6.45, 7) is 0. The van der Waals surface area contributed by atoms with Crippen molar-refractivity contribution in [3.8, 4) is 22.3 Å². The minimum absolute atomic E-state index is 0.0280. The molecule has 13 rings (SSSR count). The largest absolute Gasteiger partial charge is 0.307 e. The van der Waals surface area contributed by atoms with Crippen molar-refractivity contribution in [2.75, 3.05) is 14.7 Å². The lowest BCUT2D eigenvalue weighted by Gasteiger charge is -2.39. The number of imide groups is 1. The average molecular weight is 908 g/mol. The Morgan fingerprint density at radius 1 is 0.338 bits per heavy atom. The van der Waals surface area contributed by atoms with Crippen LogP contribution in [-0.2, 0) is 35.9 Å². The Labute approximate surface area is 372 Å². The molecule has 8 aromatic carbocycles. The maximum absolute atomic E-state index is 14.8. The van der Waals surface area contributed by atoms with Crippen LogP contribution in [0.5, 0.6) is 0 Å². The SMILES string of the molecule is O=C1c2cc(-c3ccc4c(c3)S(=O)(=O)c3cccc5c3N4c3ccccc3C5)c(-c3ccc4c(c3)S(=O)(=O)c3cccc5c3N4c3ccccc3S5(=O)=O)cc2C(=O)N1c1ccccc1. The van der Waals surface area contributed by atoms with Crippen molar-refractivity contribution in [2.45, 2.75) is 35.8 Å². The first-order chi connectivity index (χ1) is 31.4. The topological polar surface area (TPSA) is 146 Å². The van der Waals surface area contributed by atoms with Crippen LogP contribution in [0.1, 0.15) is 31.8 Å². The Hall–Kier alpha value is -7.65. The molecule has 0 atom stereocenters. The van der Waals surface area contributed by atoms with Gasteiger partial charge in [0.15, 0.2) is 0 Å². The molecule has 65 heavy (non-hydrogen) atoms. The van der Waals surface area contributed by atoms with Gasteiger partial charge in [-0.3, -0.25) is 9.59 Å². The quantitative estimate of drug-likeness (QED) is 0.157. The van der Waals surface area contributed by atoms with Crippen molar-refractivity contribution in [3.63, 3.8) is 0 Å². The van der Waals surface area contributed by atoms with Crippen molar-refractivity contribution in [3.05, 3.63) is 186 Å². The minimum atomic E-state index is -4.38. The molecule has 0 aliphatic carbocycles. The number of amides is 2. The second-order valence-corrected chi connectivity index (χ2v) is 22.1. The van der Waals surface area contributed by atoms with Gasteiger partial charge in [-0.1, -0.05) is 78.9 Å². The minimum Gasteiger partial charge on any atom is -0.307 e. The van der Waals surface area contributed by atoms with Crippen LogP contribution in [-0.4, -0.2) is 37.1 Å². The van der Waals surface area contributed by atoms with E-state index in [1.165, 1.54) is 30.3 Å². The van der Waals surface area contributed by atoms with Gasteiger partial charge in [0.25, 0.3) is 11.8 Å². The highest BCUT2D eigenvalue weighted by Gasteiger charge is 2.45. The number of benzene rings is 8. The summed E-state index contributed by atoms with van der Waals surface area (Å²) in [5.74, 6) is -1.15. The summed E-state index contributed by atoms with van der Waals surface area (Å²) in [5, 5.41) is 0. The van der Waals surface area contributed by atoms with E-state index in [0.717, 1.165) is 21.7 Å². The molecule has 314 valence electrons. The standard InChI is InChI=1S/C51H29N3O8S3/c55-50-36-27-34(29-20-22-40-46(25-29)64(59,60)43-17-8-11-32-24-31-10-4-5-14-38(31)53(40)48(32)43)35(28-37(36)51(56)52(50)33-12-2-1-3-13-33)30-21-23-41-47(26-30)65(61,62)45-19-9-18-44-49(45)54(41)39-15-6-7-16-42(39)63(44,57)58/h1-23,25-28H,24H2. The zero-order valence-electron chi connectivity index (χ0n) is 33.6. The fourth-order valence-electron chi connectivity index (χ4n) is 10.1. The number of sulfone groups is 3. The molecule has 5 aliphatic rings. The number of para-hydroxylation sites is 5. The van der Waals surface area contributed by atoms with E-state index in [9.17, 15) is 34.8 Å². The van der Waals surface area contributed by atoms with Crippen molar-refractivity contribution in [1.82, 2.24) is 0 Å². The Morgan fingerprint density at radius 3 is 1.40 bits per heavy atom. The molecule has 0 N–H and O–H groups in total. The van der Waals surface area contributed by atoms with Gasteiger partial charge in [-0.2, -0.15) is 0 Å². The maximum atomic E-state index is 14.8. The molecule has 0 radical (unpaired) electrons. The lowest BCUT2D eigenvalue weighted by molar-refractivity contribution is 0.0926. The molecule has 0 bridgehead atoms. The van der Waals surface area contributed by atoms with Crippen LogP contribution in [0.3, 0.4) is 0 Å². The monoisotopic (exact) mass is 907 g/mol. The number of carbonyl (C=O) groups is 2. The molecule has 0 saturated heterocycles. The van der Waals surface area contributed by atoms with Gasteiger partial charge in [-0.25, -0.2) is 30.2 Å². The molecule has 2 amide bonds. The van der Waals surface area contributed by atoms with E-state index in [0.29, 0.717) is 51.4 Å². The van der Waals surface area contributed by atoms with Gasteiger partial charge in [0.05, 0.1) is 74.6 Å². The molecule has 8 aromatic rings. The molecule has 5 heterocycles. The van der Waals surface area contributed by atoms with E-state index in [1.54, 1.807) is 108 Å². The average Bonchev–Trinajstić information content (AvgIpc) is 3.57. The van der Waals surface area contributed by atoms with Crippen LogP contribution in [0.2, 0.25) is 0 Å². The summed E-state index contributed by atoms with van der Waals surface area (Å²) in [4.78, 5) is 33.1. The zero-order valence-corrected chi connectivity index (χ0v) is 36.1. The highest BCUT2D eigenvalue weighted by molar-refractivity contribution is 7.93. The molecule has 0 saturated carbocycles. The van der Waals surface area contributed by atoms with Gasteiger partial charge in [0.2, 0.25) is 29.5 Å². The molecule has 0 spiro atoms. The van der Waals surface area contributed by atoms with E-state index < -0.39 is 41.3 Å². The molecule has 0 aromatic heterocycles. The molecular formula is C51H29N3O8S3. The lowest BCUT2D eigenvalue weighted by atomic mass is 9.90. The van der Waals surface area contributed by atoms with E-state index in [1.807, 2.05) is 35.2 Å². The highest BCUT2D eigenvalue weighted by Crippen LogP contribution is 2.58. The number of hydrogen-bond donors (Lipinski definition) is 0. The summed E-state index contributed by atoms with van der Waals surface area (Å²) in [5.41, 5.74) is 6.41. The second-order valence-electron chi connectivity index (χ2n) is 16.4. The lowest BCUT2D eigenvalue weighted by Crippen LogP contribution is -2.29. The first-order valence-electron chi connectivity index (χ1n) is 20.5. The number of carbonyl (C=O) groups excluding carboxylic acids is 2. The Kier molecular flexibility index (Phi) is 7.43. The molecule has 5 aliphatic heterocycles. The molecule has 0 fully saturated rings. The van der Waals surface area contributed by atoms with Crippen molar-refractivity contribution >= 4 is 81.1 Å². The van der Waals surface area contributed by atoms with Crippen LogP contribution >= 0.6 is 0 Å². The highest BCUT2D eigenvalue weighted by atomic mass is 32.2. The normalized spacial score (nSPS) is 17.0. The third kappa shape index (κ3) is 4.90. The smallest absolute Gasteiger partial charge is 0.266 e. The molecular weight excluding hydrogens is 879 g/mol. The van der Waals surface area contributed by atoms with Crippen LogP contribution < -0.4 is 14.7 Å². The number of hydrogen-bond acceptors (Lipinski definition) is 10. The van der Waals surface area contributed by atoms with Crippen LogP contribution in [0.25, 0.3) is 22.3 Å². The van der Waals surface area contributed by atoms with Gasteiger partial charge in [-0.15, -0.1) is 0 Å². The Morgan fingerprint density at radius 2 is 0.785 bits per heavy atom. The molecule has 0 unspecified atom stereocenters. The summed E-state index contributed by atoms with van der Waals surface area (Å²) in [6.07, 6.45) is 0.566. The van der Waals surface area contributed by atoms with Crippen LogP contribution in [0.4, 0.5) is 39.8 Å². The third-order valence-corrected chi connectivity index (χ3v) is 18.5. The summed E-state index contributed by atoms with van der Waals surface area (Å²) < 4.78 is 86.9. The second kappa shape index (κ2) is 12.8. The van der Waals surface area contributed by atoms with Crippen LogP contribution in [0.15, 0.2) is 193 Å². The van der Waals surface area contributed by atoms with Crippen molar-refractivity contribution in [2.24, 2.45) is 0 Å². The van der Waals surface area contributed by atoms with Gasteiger partial charge < -0.3 is 9.80 Å². The third-order valence-electron chi connectivity index (χ3n) is 13.0. The van der Waals surface area contributed by atoms with E-state index in [-0.39, 0.29) is 51.9 Å². The predicted molar refractivity (Wildman–Crippen MR) is 243 cm³/mol. The van der Waals surface area contributed by atoms with Crippen molar-refractivity contribution in [1.29, 1.82) is 0 Å². The fourth-order valence-corrected chi connectivity index (χ4v) is 15.2. The summed E-state index contributed by atoms with van der Waals surface area (Å²) in [6, 6.07) is 45.3. The molecule has 11 nitrogen and oxygen atoms in total. The zero-order chi connectivity index (χ0) is 44.3. The van der Waals surface area contributed by atoms with Gasteiger partial charge >= 0.3 is 0 Å². The van der Waals surface area contributed by atoms with E-state index >= 15 is 0 Å². The number of rotatable bonds is 3.